The standard InChI is InChI=1S/C8H10N2/c1-7-5-8(6-9)3-4-10(7)2/h3,5H,4H2,1-2H3. The molecule has 0 atom stereocenters. The highest BCUT2D eigenvalue weighted by atomic mass is 15.1. The molecule has 1 heterocycles. The second-order valence-corrected chi connectivity index (χ2v) is 2.44. The van der Waals surface area contributed by atoms with Gasteiger partial charge < -0.3 is 4.90 Å². The van der Waals surface area contributed by atoms with Gasteiger partial charge >= 0.3 is 0 Å². The third-order valence-electron chi connectivity index (χ3n) is 1.68. The fraction of sp³-hybridized carbons (Fsp3) is 0.375. The van der Waals surface area contributed by atoms with Crippen molar-refractivity contribution in [3.63, 3.8) is 0 Å². The van der Waals surface area contributed by atoms with E-state index >= 15 is 0 Å². The lowest BCUT2D eigenvalue weighted by atomic mass is 10.1. The van der Waals surface area contributed by atoms with Crippen LogP contribution >= 0.6 is 0 Å². The number of allylic oxidation sites excluding steroid dienone is 3. The zero-order valence-corrected chi connectivity index (χ0v) is 6.26. The molecule has 2 heteroatoms. The van der Waals surface area contributed by atoms with Crippen molar-refractivity contribution < 1.29 is 0 Å². The van der Waals surface area contributed by atoms with E-state index in [4.69, 9.17) is 5.26 Å². The van der Waals surface area contributed by atoms with E-state index in [-0.39, 0.29) is 0 Å². The minimum atomic E-state index is 0.774. The van der Waals surface area contributed by atoms with E-state index in [1.54, 1.807) is 0 Å². The van der Waals surface area contributed by atoms with E-state index in [1.165, 1.54) is 0 Å². The van der Waals surface area contributed by atoms with E-state index in [0.717, 1.165) is 17.8 Å². The molecule has 0 aromatic heterocycles. The van der Waals surface area contributed by atoms with Crippen molar-refractivity contribution in [1.29, 1.82) is 5.26 Å². The van der Waals surface area contributed by atoms with Crippen molar-refractivity contribution in [1.82, 2.24) is 4.90 Å². The molecule has 0 unspecified atom stereocenters. The first-order chi connectivity index (χ1) is 4.74. The highest BCUT2D eigenvalue weighted by molar-refractivity contribution is 5.37. The first kappa shape index (κ1) is 6.88. The SMILES string of the molecule is CC1=CC(C#N)=CCN1C. The summed E-state index contributed by atoms with van der Waals surface area (Å²) in [7, 11) is 2.01. The van der Waals surface area contributed by atoms with Gasteiger partial charge in [0, 0.05) is 19.3 Å². The molecule has 1 aliphatic rings. The van der Waals surface area contributed by atoms with Crippen LogP contribution in [0.3, 0.4) is 0 Å². The summed E-state index contributed by atoms with van der Waals surface area (Å²) in [6.45, 7) is 2.86. The molecule has 0 aliphatic carbocycles. The minimum absolute atomic E-state index is 0.774. The molecule has 10 heavy (non-hydrogen) atoms. The van der Waals surface area contributed by atoms with E-state index in [9.17, 15) is 0 Å². The molecular formula is C8H10N2. The molecule has 2 nitrogen and oxygen atoms in total. The molecule has 1 aliphatic heterocycles. The Morgan fingerprint density at radius 2 is 2.40 bits per heavy atom. The van der Waals surface area contributed by atoms with Crippen LogP contribution in [0.15, 0.2) is 23.4 Å². The van der Waals surface area contributed by atoms with E-state index in [0.29, 0.717) is 0 Å². The maximum absolute atomic E-state index is 8.51. The number of rotatable bonds is 0. The summed E-state index contributed by atoms with van der Waals surface area (Å²) in [6.07, 6.45) is 3.82. The molecular weight excluding hydrogens is 124 g/mol. The summed E-state index contributed by atoms with van der Waals surface area (Å²) in [5, 5.41) is 8.51. The van der Waals surface area contributed by atoms with Crippen LogP contribution < -0.4 is 0 Å². The zero-order valence-electron chi connectivity index (χ0n) is 6.26. The van der Waals surface area contributed by atoms with Gasteiger partial charge in [-0.05, 0) is 19.1 Å². The van der Waals surface area contributed by atoms with Crippen molar-refractivity contribution in [3.8, 4) is 6.07 Å². The maximum atomic E-state index is 8.51. The molecule has 1 rings (SSSR count). The van der Waals surface area contributed by atoms with Crippen LogP contribution in [0.5, 0.6) is 0 Å². The molecule has 0 N–H and O–H groups in total. The Balaban J connectivity index is 2.82. The minimum Gasteiger partial charge on any atom is -0.374 e. The highest BCUT2D eigenvalue weighted by Gasteiger charge is 2.03. The number of nitriles is 1. The van der Waals surface area contributed by atoms with E-state index in [1.807, 2.05) is 26.1 Å². The lowest BCUT2D eigenvalue weighted by Crippen LogP contribution is -2.18. The van der Waals surface area contributed by atoms with Crippen LogP contribution in [0.1, 0.15) is 6.92 Å². The monoisotopic (exact) mass is 134 g/mol. The van der Waals surface area contributed by atoms with Crippen LogP contribution in [0.4, 0.5) is 0 Å². The number of hydrogen-bond donors (Lipinski definition) is 0. The van der Waals surface area contributed by atoms with Gasteiger partial charge in [0.15, 0.2) is 0 Å². The Labute approximate surface area is 61.1 Å². The van der Waals surface area contributed by atoms with Crippen LogP contribution in [0, 0.1) is 11.3 Å². The van der Waals surface area contributed by atoms with Gasteiger partial charge in [0.25, 0.3) is 0 Å². The topological polar surface area (TPSA) is 27.0 Å². The van der Waals surface area contributed by atoms with Crippen molar-refractivity contribution >= 4 is 0 Å². The Bertz CT molecular complexity index is 230. The molecule has 0 aromatic rings. The fourth-order valence-electron chi connectivity index (χ4n) is 0.851. The second kappa shape index (κ2) is 2.57. The molecule has 0 saturated carbocycles. The largest absolute Gasteiger partial charge is 0.374 e. The summed E-state index contributed by atoms with van der Waals surface area (Å²) in [4.78, 5) is 2.10. The van der Waals surface area contributed by atoms with Crippen molar-refractivity contribution in [2.45, 2.75) is 6.92 Å². The van der Waals surface area contributed by atoms with E-state index < -0.39 is 0 Å². The van der Waals surface area contributed by atoms with Crippen LogP contribution in [0.2, 0.25) is 0 Å². The van der Waals surface area contributed by atoms with Crippen molar-refractivity contribution in [2.75, 3.05) is 13.6 Å². The zero-order chi connectivity index (χ0) is 7.56. The third kappa shape index (κ3) is 1.19. The van der Waals surface area contributed by atoms with E-state index in [2.05, 4.69) is 11.0 Å². The molecule has 0 radical (unpaired) electrons. The van der Waals surface area contributed by atoms with Gasteiger partial charge in [-0.3, -0.25) is 0 Å². The molecule has 52 valence electrons. The lowest BCUT2D eigenvalue weighted by molar-refractivity contribution is 0.459. The molecule has 0 amide bonds. The Morgan fingerprint density at radius 3 is 2.90 bits per heavy atom. The number of hydrogen-bond acceptors (Lipinski definition) is 2. The van der Waals surface area contributed by atoms with Crippen LogP contribution in [0.25, 0.3) is 0 Å². The first-order valence-electron chi connectivity index (χ1n) is 3.23. The predicted molar refractivity (Wildman–Crippen MR) is 40.1 cm³/mol. The van der Waals surface area contributed by atoms with Gasteiger partial charge in [0.1, 0.15) is 0 Å². The number of likely N-dealkylation sites (N-methyl/N-ethyl adjacent to an activating group) is 1. The summed E-state index contributed by atoms with van der Waals surface area (Å²) in [6, 6.07) is 2.11. The van der Waals surface area contributed by atoms with Gasteiger partial charge in [-0.15, -0.1) is 0 Å². The maximum Gasteiger partial charge on any atom is 0.0989 e. The average molecular weight is 134 g/mol. The Morgan fingerprint density at radius 1 is 1.70 bits per heavy atom. The summed E-state index contributed by atoms with van der Waals surface area (Å²) in [5.41, 5.74) is 1.93. The molecule has 0 bridgehead atoms. The molecule has 0 spiro atoms. The summed E-state index contributed by atoms with van der Waals surface area (Å²) < 4.78 is 0. The predicted octanol–water partition coefficient (Wildman–Crippen LogP) is 1.29. The van der Waals surface area contributed by atoms with Crippen LogP contribution in [-0.4, -0.2) is 18.5 Å². The Kier molecular flexibility index (Phi) is 1.77. The molecule has 0 fully saturated rings. The van der Waals surface area contributed by atoms with Gasteiger partial charge in [-0.25, -0.2) is 0 Å². The van der Waals surface area contributed by atoms with Crippen molar-refractivity contribution in [3.05, 3.63) is 23.4 Å². The van der Waals surface area contributed by atoms with Crippen molar-refractivity contribution in [2.24, 2.45) is 0 Å². The third-order valence-corrected chi connectivity index (χ3v) is 1.68. The first-order valence-corrected chi connectivity index (χ1v) is 3.23. The smallest absolute Gasteiger partial charge is 0.0989 e. The Hall–Kier alpha value is -1.23. The van der Waals surface area contributed by atoms with Gasteiger partial charge in [0.05, 0.1) is 11.6 Å². The highest BCUT2D eigenvalue weighted by Crippen LogP contribution is 2.10. The summed E-state index contributed by atoms with van der Waals surface area (Å²) >= 11 is 0. The summed E-state index contributed by atoms with van der Waals surface area (Å²) in [5.74, 6) is 0. The van der Waals surface area contributed by atoms with Gasteiger partial charge in [-0.2, -0.15) is 5.26 Å². The average Bonchev–Trinajstić information content (AvgIpc) is 1.95. The molecule has 0 saturated heterocycles. The van der Waals surface area contributed by atoms with Gasteiger partial charge in [-0.1, -0.05) is 0 Å². The second-order valence-electron chi connectivity index (χ2n) is 2.44. The number of nitrogens with zero attached hydrogens (tertiary/aromatic N) is 2. The van der Waals surface area contributed by atoms with Crippen LogP contribution in [-0.2, 0) is 0 Å². The van der Waals surface area contributed by atoms with Gasteiger partial charge in [0.2, 0.25) is 0 Å². The lowest BCUT2D eigenvalue weighted by Gasteiger charge is -2.20. The normalized spacial score (nSPS) is 17.5. The fourth-order valence-corrected chi connectivity index (χ4v) is 0.851. The quantitative estimate of drug-likeness (QED) is 0.499. The molecule has 0 aromatic carbocycles.